The summed E-state index contributed by atoms with van der Waals surface area (Å²) in [4.78, 5) is 22.7. The highest BCUT2D eigenvalue weighted by molar-refractivity contribution is 7.19. The molecule has 0 spiro atoms. The van der Waals surface area contributed by atoms with Crippen LogP contribution in [-0.4, -0.2) is 52.4 Å². The number of rotatable bonds is 3. The van der Waals surface area contributed by atoms with Crippen LogP contribution in [0.2, 0.25) is 5.02 Å². The fourth-order valence-corrected chi connectivity index (χ4v) is 6.50. The number of amides is 1. The first-order chi connectivity index (χ1) is 16.6. The van der Waals surface area contributed by atoms with Gasteiger partial charge in [0.2, 0.25) is 0 Å². The van der Waals surface area contributed by atoms with Crippen LogP contribution < -0.4 is 4.90 Å². The van der Waals surface area contributed by atoms with Gasteiger partial charge in [-0.2, -0.15) is 0 Å². The third kappa shape index (κ3) is 4.86. The molecule has 2 aliphatic heterocycles. The monoisotopic (exact) mass is 513 g/mol. The topological polar surface area (TPSA) is 65.9 Å². The lowest BCUT2D eigenvalue weighted by Crippen LogP contribution is -2.43. The third-order valence-corrected chi connectivity index (χ3v) is 8.01. The number of thiophene rings is 1. The van der Waals surface area contributed by atoms with Crippen molar-refractivity contribution in [3.05, 3.63) is 45.4 Å². The molecule has 1 unspecified atom stereocenters. The summed E-state index contributed by atoms with van der Waals surface area (Å²) in [5, 5.41) is 10.5. The first-order valence-corrected chi connectivity index (χ1v) is 13.4. The number of aromatic nitrogens is 1. The molecule has 35 heavy (non-hydrogen) atoms. The fourth-order valence-electron chi connectivity index (χ4n) is 5.28. The second kappa shape index (κ2) is 9.26. The first kappa shape index (κ1) is 24.3. The van der Waals surface area contributed by atoms with Gasteiger partial charge in [-0.25, -0.2) is 4.79 Å². The molecule has 1 amide bonds. The van der Waals surface area contributed by atoms with E-state index in [0.717, 1.165) is 62.7 Å². The molecule has 0 bridgehead atoms. The van der Waals surface area contributed by atoms with Gasteiger partial charge in [-0.1, -0.05) is 11.6 Å². The molecule has 186 valence electrons. The molecular formula is C27H32ClN3O3S. The molecule has 8 heteroatoms. The van der Waals surface area contributed by atoms with E-state index in [0.29, 0.717) is 13.1 Å². The Bertz CT molecular complexity index is 1280. The van der Waals surface area contributed by atoms with Gasteiger partial charge in [0.05, 0.1) is 16.8 Å². The van der Waals surface area contributed by atoms with E-state index < -0.39 is 5.60 Å². The van der Waals surface area contributed by atoms with Crippen molar-refractivity contribution in [2.75, 3.05) is 24.5 Å². The Kier molecular flexibility index (Phi) is 6.45. The van der Waals surface area contributed by atoms with Gasteiger partial charge in [0.1, 0.15) is 5.60 Å². The van der Waals surface area contributed by atoms with E-state index in [1.807, 2.05) is 38.7 Å². The average Bonchev–Trinajstić information content (AvgIpc) is 3.43. The number of nitrogens with zero attached hydrogens (tertiary/aromatic N) is 3. The van der Waals surface area contributed by atoms with Crippen LogP contribution in [0.15, 0.2) is 24.3 Å². The summed E-state index contributed by atoms with van der Waals surface area (Å²) in [7, 11) is 0. The van der Waals surface area contributed by atoms with Crippen LogP contribution in [0.1, 0.15) is 49.7 Å². The summed E-state index contributed by atoms with van der Waals surface area (Å²) in [5.74, 6) is 0. The van der Waals surface area contributed by atoms with Crippen molar-refractivity contribution in [1.29, 1.82) is 0 Å². The number of anilines is 1. The Morgan fingerprint density at radius 1 is 1.23 bits per heavy atom. The van der Waals surface area contributed by atoms with Gasteiger partial charge in [-0.3, -0.25) is 4.98 Å². The number of benzene rings is 1. The molecule has 4 heterocycles. The minimum atomic E-state index is -0.504. The predicted molar refractivity (Wildman–Crippen MR) is 143 cm³/mol. The molecule has 5 rings (SSSR count). The highest BCUT2D eigenvalue weighted by Crippen LogP contribution is 2.45. The summed E-state index contributed by atoms with van der Waals surface area (Å²) in [5.41, 5.74) is 5.99. The largest absolute Gasteiger partial charge is 0.444 e. The van der Waals surface area contributed by atoms with Crippen molar-refractivity contribution < 1.29 is 14.6 Å². The standard InChI is InChI=1S/C27H32ClN3O3S/c1-16-10-22(25-23(29-16)13-20(15-32)35-25)21-12-18(28)11-17-6-5-8-31(24(17)21)19-7-9-30(14-19)26(33)34-27(2,3)4/h10-13,19,32H,5-9,14-15H2,1-4H3. The van der Waals surface area contributed by atoms with E-state index in [-0.39, 0.29) is 18.7 Å². The van der Waals surface area contributed by atoms with Crippen molar-refractivity contribution in [2.24, 2.45) is 0 Å². The van der Waals surface area contributed by atoms with Crippen LogP contribution >= 0.6 is 22.9 Å². The predicted octanol–water partition coefficient (Wildman–Crippen LogP) is 6.18. The van der Waals surface area contributed by atoms with Crippen molar-refractivity contribution >= 4 is 44.9 Å². The van der Waals surface area contributed by atoms with Crippen LogP contribution in [0.25, 0.3) is 21.3 Å². The molecule has 1 atom stereocenters. The van der Waals surface area contributed by atoms with Gasteiger partial charge < -0.3 is 19.6 Å². The zero-order valence-corrected chi connectivity index (χ0v) is 22.3. The molecule has 1 N–H and O–H groups in total. The number of hydrogen-bond donors (Lipinski definition) is 1. The van der Waals surface area contributed by atoms with Gasteiger partial charge in [0.25, 0.3) is 0 Å². The van der Waals surface area contributed by atoms with Crippen LogP contribution in [0, 0.1) is 6.92 Å². The normalized spacial score (nSPS) is 18.3. The van der Waals surface area contributed by atoms with Gasteiger partial charge in [0, 0.05) is 58.1 Å². The lowest BCUT2D eigenvalue weighted by atomic mass is 9.92. The molecule has 2 aromatic heterocycles. The number of ether oxygens (including phenoxy) is 1. The maximum Gasteiger partial charge on any atom is 0.410 e. The number of halogens is 1. The van der Waals surface area contributed by atoms with Gasteiger partial charge in [0.15, 0.2) is 0 Å². The fraction of sp³-hybridized carbons (Fsp3) is 0.481. The van der Waals surface area contributed by atoms with Crippen LogP contribution in [0.4, 0.5) is 10.5 Å². The number of carbonyl (C=O) groups is 1. The van der Waals surface area contributed by atoms with Crippen LogP contribution in [-0.2, 0) is 17.8 Å². The third-order valence-electron chi connectivity index (χ3n) is 6.65. The van der Waals surface area contributed by atoms with Crippen molar-refractivity contribution in [3.8, 4) is 11.1 Å². The molecule has 1 saturated heterocycles. The Morgan fingerprint density at radius 3 is 2.77 bits per heavy atom. The zero-order valence-electron chi connectivity index (χ0n) is 20.7. The number of pyridine rings is 1. The summed E-state index contributed by atoms with van der Waals surface area (Å²) in [6, 6.07) is 8.47. The Morgan fingerprint density at radius 2 is 2.03 bits per heavy atom. The van der Waals surface area contributed by atoms with E-state index >= 15 is 0 Å². The first-order valence-electron chi connectivity index (χ1n) is 12.2. The van der Waals surface area contributed by atoms with Crippen molar-refractivity contribution in [3.63, 3.8) is 0 Å². The second-order valence-corrected chi connectivity index (χ2v) is 12.1. The zero-order chi connectivity index (χ0) is 24.9. The summed E-state index contributed by atoms with van der Waals surface area (Å²) >= 11 is 8.23. The maximum absolute atomic E-state index is 12.7. The van der Waals surface area contributed by atoms with Gasteiger partial charge in [-0.15, -0.1) is 11.3 Å². The Hall–Kier alpha value is -2.35. The molecule has 0 saturated carbocycles. The number of carbonyl (C=O) groups excluding carboxylic acids is 1. The van der Waals surface area contributed by atoms with E-state index in [1.54, 1.807) is 11.3 Å². The summed E-state index contributed by atoms with van der Waals surface area (Å²) in [6.45, 7) is 9.99. The molecule has 1 aromatic carbocycles. The second-order valence-electron chi connectivity index (χ2n) is 10.5. The lowest BCUT2D eigenvalue weighted by Gasteiger charge is -2.38. The van der Waals surface area contributed by atoms with Crippen LogP contribution in [0.3, 0.4) is 0 Å². The quantitative estimate of drug-likeness (QED) is 0.453. The molecule has 3 aromatic rings. The molecule has 0 aliphatic carbocycles. The van der Waals surface area contributed by atoms with Crippen molar-refractivity contribution in [2.45, 2.75) is 65.2 Å². The van der Waals surface area contributed by atoms with Crippen LogP contribution in [0.5, 0.6) is 0 Å². The number of aliphatic hydroxyl groups excluding tert-OH is 1. The Balaban J connectivity index is 1.56. The van der Waals surface area contributed by atoms with E-state index in [2.05, 4.69) is 23.1 Å². The average molecular weight is 514 g/mol. The number of aryl methyl sites for hydroxylation is 2. The minimum absolute atomic E-state index is 0.00185. The summed E-state index contributed by atoms with van der Waals surface area (Å²) in [6.07, 6.45) is 2.68. The van der Waals surface area contributed by atoms with E-state index in [4.69, 9.17) is 21.3 Å². The lowest BCUT2D eigenvalue weighted by molar-refractivity contribution is 0.0292. The van der Waals surface area contributed by atoms with Gasteiger partial charge >= 0.3 is 6.09 Å². The smallest absolute Gasteiger partial charge is 0.410 e. The summed E-state index contributed by atoms with van der Waals surface area (Å²) < 4.78 is 6.70. The highest BCUT2D eigenvalue weighted by atomic mass is 35.5. The number of hydrogen-bond acceptors (Lipinski definition) is 6. The minimum Gasteiger partial charge on any atom is -0.444 e. The molecule has 0 radical (unpaired) electrons. The maximum atomic E-state index is 12.7. The number of aliphatic hydroxyl groups is 1. The number of likely N-dealkylation sites (tertiary alicyclic amines) is 1. The molecule has 6 nitrogen and oxygen atoms in total. The SMILES string of the molecule is Cc1cc(-c2cc(Cl)cc3c2N(C2CCN(C(=O)OC(C)(C)C)C2)CCC3)c2sc(CO)cc2n1. The molecule has 2 aliphatic rings. The van der Waals surface area contributed by atoms with Gasteiger partial charge in [-0.05, 0) is 76.8 Å². The molecule has 1 fully saturated rings. The Labute approximate surface area is 215 Å². The van der Waals surface area contributed by atoms with E-state index in [1.165, 1.54) is 11.3 Å². The number of fused-ring (bicyclic) bond motifs is 2. The van der Waals surface area contributed by atoms with Crippen molar-refractivity contribution in [1.82, 2.24) is 9.88 Å². The molecular weight excluding hydrogens is 482 g/mol. The highest BCUT2D eigenvalue weighted by Gasteiger charge is 2.36. The van der Waals surface area contributed by atoms with E-state index in [9.17, 15) is 9.90 Å².